The van der Waals surface area contributed by atoms with E-state index in [4.69, 9.17) is 18.3 Å². The van der Waals surface area contributed by atoms with Crippen LogP contribution in [0.2, 0.25) is 36.3 Å². The summed E-state index contributed by atoms with van der Waals surface area (Å²) >= 11 is 0. The molecule has 3 aliphatic rings. The van der Waals surface area contributed by atoms with Crippen LogP contribution in [0.5, 0.6) is 0 Å². The number of hydrogen-bond donors (Lipinski definition) is 0. The zero-order chi connectivity index (χ0) is 36.1. The fourth-order valence-corrected chi connectivity index (χ4v) is 9.86. The molecule has 1 aliphatic heterocycles. The zero-order valence-corrected chi connectivity index (χ0v) is 35.1. The lowest BCUT2D eigenvalue weighted by Crippen LogP contribution is -2.48. The monoisotopic (exact) mass is 704 g/mol. The van der Waals surface area contributed by atoms with E-state index in [0.29, 0.717) is 18.8 Å². The van der Waals surface area contributed by atoms with Crippen molar-refractivity contribution in [3.63, 3.8) is 0 Å². The molecule has 1 saturated heterocycles. The maximum Gasteiger partial charge on any atom is 0.309 e. The molecule has 0 amide bonds. The van der Waals surface area contributed by atoms with E-state index in [1.165, 1.54) is 5.57 Å². The summed E-state index contributed by atoms with van der Waals surface area (Å²) < 4.78 is 26.3. The van der Waals surface area contributed by atoms with Crippen LogP contribution in [0.4, 0.5) is 0 Å². The Morgan fingerprint density at radius 2 is 1.50 bits per heavy atom. The molecule has 276 valence electrons. The van der Waals surface area contributed by atoms with Gasteiger partial charge in [-0.05, 0) is 79.4 Å². The van der Waals surface area contributed by atoms with Gasteiger partial charge >= 0.3 is 11.9 Å². The molecule has 0 aromatic carbocycles. The van der Waals surface area contributed by atoms with Gasteiger partial charge in [0.15, 0.2) is 16.6 Å². The highest BCUT2D eigenvalue weighted by Gasteiger charge is 2.47. The first-order valence-corrected chi connectivity index (χ1v) is 25.2. The van der Waals surface area contributed by atoms with E-state index in [1.807, 2.05) is 0 Å². The molecule has 0 unspecified atom stereocenters. The molecule has 0 saturated carbocycles. The largest absolute Gasteiger partial charge is 0.462 e. The minimum absolute atomic E-state index is 0.0259. The summed E-state index contributed by atoms with van der Waals surface area (Å²) in [4.78, 5) is 26.7. The van der Waals surface area contributed by atoms with Gasteiger partial charge in [-0.15, -0.1) is 0 Å². The lowest BCUT2D eigenvalue weighted by molar-refractivity contribution is -0.162. The van der Waals surface area contributed by atoms with Crippen LogP contribution < -0.4 is 0 Å². The highest BCUT2D eigenvalue weighted by atomic mass is 28.4. The second-order valence-electron chi connectivity index (χ2n) is 18.3. The number of esters is 2. The minimum Gasteiger partial charge on any atom is -0.462 e. The predicted octanol–water partition coefficient (Wildman–Crippen LogP) is 10.9. The number of fused-ring (bicyclic) bond motifs is 1. The molecule has 7 atom stereocenters. The van der Waals surface area contributed by atoms with Crippen LogP contribution in [-0.4, -0.2) is 53.0 Å². The van der Waals surface area contributed by atoms with Gasteiger partial charge in [0.05, 0.1) is 24.5 Å². The van der Waals surface area contributed by atoms with E-state index in [-0.39, 0.29) is 64.2 Å². The van der Waals surface area contributed by atoms with Crippen molar-refractivity contribution < 1.29 is 27.9 Å². The van der Waals surface area contributed by atoms with Crippen LogP contribution in [0.25, 0.3) is 0 Å². The Kier molecular flexibility index (Phi) is 14.5. The van der Waals surface area contributed by atoms with E-state index in [0.717, 1.165) is 57.8 Å². The summed E-state index contributed by atoms with van der Waals surface area (Å²) in [6, 6.07) is 0. The van der Waals surface area contributed by atoms with E-state index in [2.05, 4.69) is 107 Å². The molecular formula is C40H72O6Si2. The van der Waals surface area contributed by atoms with Crippen LogP contribution >= 0.6 is 0 Å². The molecule has 8 heteroatoms. The van der Waals surface area contributed by atoms with Crippen molar-refractivity contribution in [2.24, 2.45) is 23.7 Å². The average Bonchev–Trinajstić information content (AvgIpc) is 2.95. The number of ether oxygens (including phenoxy) is 2. The Morgan fingerprint density at radius 1 is 0.917 bits per heavy atom. The summed E-state index contributed by atoms with van der Waals surface area (Å²) in [5.41, 5.74) is 1.24. The number of carbonyl (C=O) groups excluding carboxylic acids is 2. The third-order valence-electron chi connectivity index (χ3n) is 12.3. The van der Waals surface area contributed by atoms with Gasteiger partial charge in [-0.3, -0.25) is 9.59 Å². The Morgan fingerprint density at radius 3 is 2.06 bits per heavy atom. The molecule has 0 spiro atoms. The third-order valence-corrected chi connectivity index (χ3v) is 21.4. The van der Waals surface area contributed by atoms with Crippen molar-refractivity contribution >= 4 is 28.6 Å². The molecular weight excluding hydrogens is 633 g/mol. The summed E-state index contributed by atoms with van der Waals surface area (Å²) in [6.45, 7) is 29.4. The van der Waals surface area contributed by atoms with Crippen molar-refractivity contribution in [1.29, 1.82) is 0 Å². The Hall–Kier alpha value is -1.23. The maximum atomic E-state index is 13.9. The highest BCUT2D eigenvalue weighted by Crippen LogP contribution is 2.47. The smallest absolute Gasteiger partial charge is 0.309 e. The summed E-state index contributed by atoms with van der Waals surface area (Å²) in [6.07, 6.45) is 15.9. The Balaban J connectivity index is 1.86. The van der Waals surface area contributed by atoms with Crippen LogP contribution in [0.15, 0.2) is 23.8 Å². The normalized spacial score (nSPS) is 28.6. The number of cyclic esters (lactones) is 1. The first-order valence-electron chi connectivity index (χ1n) is 19.3. The summed E-state index contributed by atoms with van der Waals surface area (Å²) in [7, 11) is -4.06. The number of allylic oxidation sites excluding steroid dienone is 2. The number of hydrogen-bond acceptors (Lipinski definition) is 6. The SMILES string of the molecule is CCCCC(CCCC)C(=O)O[C@H]1C[C@H](O[Si](C)(C)C(C)(C)C)C=C2C=C[C@@H](C)[C@H](CC[C@@H]3C[C@@H](O[Si](C)(C)C(C)(C)C)CC(=O)O3)[C@H]21. The molecule has 0 N–H and O–H groups in total. The number of unbranched alkanes of at least 4 members (excludes halogenated alkanes) is 2. The van der Waals surface area contributed by atoms with E-state index in [1.54, 1.807) is 0 Å². The molecule has 1 fully saturated rings. The van der Waals surface area contributed by atoms with Crippen molar-refractivity contribution in [2.45, 2.75) is 194 Å². The van der Waals surface area contributed by atoms with Crippen LogP contribution in [-0.2, 0) is 27.9 Å². The molecule has 0 aromatic rings. The van der Waals surface area contributed by atoms with Crippen molar-refractivity contribution in [3.05, 3.63) is 23.8 Å². The molecule has 48 heavy (non-hydrogen) atoms. The fraction of sp³-hybridized carbons (Fsp3) is 0.850. The van der Waals surface area contributed by atoms with E-state index < -0.39 is 16.6 Å². The predicted molar refractivity (Wildman–Crippen MR) is 203 cm³/mol. The highest BCUT2D eigenvalue weighted by molar-refractivity contribution is 6.74. The van der Waals surface area contributed by atoms with E-state index in [9.17, 15) is 9.59 Å². The standard InChI is InChI=1S/C40H72O6Si2/c1-14-16-18-29(19-17-15-2)38(42)44-35-26-32(45-47(10,11)39(4,5)6)24-30-21-20-28(3)34(37(30)35)23-22-31-25-33(27-36(41)43-31)46-48(12,13)40(7,8)9/h20-21,24,28-29,31-35,37H,14-19,22-23,25-27H2,1-13H3/t28-,31-,32-,33-,34+,35+,37+/m1/s1. The quantitative estimate of drug-likeness (QED) is 0.125. The van der Waals surface area contributed by atoms with Gasteiger partial charge in [0, 0.05) is 18.8 Å². The Labute approximate surface area is 296 Å². The number of rotatable bonds is 15. The lowest BCUT2D eigenvalue weighted by atomic mass is 9.66. The van der Waals surface area contributed by atoms with Gasteiger partial charge < -0.3 is 18.3 Å². The van der Waals surface area contributed by atoms with Gasteiger partial charge in [-0.2, -0.15) is 0 Å². The molecule has 0 aromatic heterocycles. The number of carbonyl (C=O) groups is 2. The first kappa shape index (κ1) is 41.2. The second-order valence-corrected chi connectivity index (χ2v) is 27.8. The van der Waals surface area contributed by atoms with E-state index >= 15 is 0 Å². The minimum atomic E-state index is -2.05. The lowest BCUT2D eigenvalue weighted by Gasteiger charge is -2.46. The molecule has 1 heterocycles. The fourth-order valence-electron chi connectivity index (χ4n) is 7.22. The first-order chi connectivity index (χ1) is 22.2. The molecule has 6 nitrogen and oxygen atoms in total. The van der Waals surface area contributed by atoms with Gasteiger partial charge in [0.1, 0.15) is 12.2 Å². The molecule has 3 rings (SSSR count). The molecule has 0 radical (unpaired) electrons. The van der Waals surface area contributed by atoms with Crippen molar-refractivity contribution in [3.8, 4) is 0 Å². The zero-order valence-electron chi connectivity index (χ0n) is 33.1. The van der Waals surface area contributed by atoms with Gasteiger partial charge in [0.25, 0.3) is 0 Å². The molecule has 2 aliphatic carbocycles. The average molecular weight is 705 g/mol. The second kappa shape index (κ2) is 16.9. The van der Waals surface area contributed by atoms with Crippen LogP contribution in [0.3, 0.4) is 0 Å². The van der Waals surface area contributed by atoms with Gasteiger partial charge in [-0.1, -0.05) is 106 Å². The topological polar surface area (TPSA) is 71.1 Å². The van der Waals surface area contributed by atoms with Gasteiger partial charge in [-0.25, -0.2) is 0 Å². The van der Waals surface area contributed by atoms with Gasteiger partial charge in [0.2, 0.25) is 0 Å². The Bertz CT molecular complexity index is 1120. The maximum absolute atomic E-state index is 13.9. The van der Waals surface area contributed by atoms with Crippen LogP contribution in [0.1, 0.15) is 133 Å². The van der Waals surface area contributed by atoms with Crippen LogP contribution in [0, 0.1) is 23.7 Å². The van der Waals surface area contributed by atoms with Crippen molar-refractivity contribution in [1.82, 2.24) is 0 Å². The van der Waals surface area contributed by atoms with Crippen molar-refractivity contribution in [2.75, 3.05) is 0 Å². The summed E-state index contributed by atoms with van der Waals surface area (Å²) in [5, 5.41) is 0.172. The third kappa shape index (κ3) is 10.9. The molecule has 0 bridgehead atoms. The summed E-state index contributed by atoms with van der Waals surface area (Å²) in [5.74, 6) is 0.478.